The summed E-state index contributed by atoms with van der Waals surface area (Å²) in [6, 6.07) is 4.80. The molecule has 140 valence electrons. The predicted molar refractivity (Wildman–Crippen MR) is 94.6 cm³/mol. The Morgan fingerprint density at radius 3 is 2.62 bits per heavy atom. The molecule has 0 radical (unpaired) electrons. The molecule has 0 spiro atoms. The first kappa shape index (κ1) is 19.7. The molecule has 1 aromatic heterocycles. The third-order valence-electron chi connectivity index (χ3n) is 3.71. The monoisotopic (exact) mass is 362 g/mol. The highest BCUT2D eigenvalue weighted by Crippen LogP contribution is 2.28. The van der Waals surface area contributed by atoms with E-state index in [0.717, 1.165) is 16.5 Å². The Morgan fingerprint density at radius 1 is 1.15 bits per heavy atom. The fourth-order valence-electron chi connectivity index (χ4n) is 2.45. The number of benzene rings is 1. The quantitative estimate of drug-likeness (QED) is 0.383. The number of rotatable bonds is 9. The summed E-state index contributed by atoms with van der Waals surface area (Å²) in [6.07, 6.45) is 0.523. The van der Waals surface area contributed by atoms with Crippen LogP contribution in [-0.4, -0.2) is 38.7 Å². The first-order valence-corrected chi connectivity index (χ1v) is 8.25. The summed E-state index contributed by atoms with van der Waals surface area (Å²) in [5.41, 5.74) is 1.42. The first-order valence-electron chi connectivity index (χ1n) is 8.25. The van der Waals surface area contributed by atoms with E-state index in [1.165, 1.54) is 20.1 Å². The van der Waals surface area contributed by atoms with Crippen molar-refractivity contribution >= 4 is 22.7 Å². The van der Waals surface area contributed by atoms with Gasteiger partial charge in [-0.2, -0.15) is 0 Å². The van der Waals surface area contributed by atoms with Crippen LogP contribution in [0.4, 0.5) is 0 Å². The molecule has 0 amide bonds. The van der Waals surface area contributed by atoms with Crippen LogP contribution in [0.1, 0.15) is 24.5 Å². The first-order chi connectivity index (χ1) is 12.4. The number of aryl methyl sites for hydroxylation is 2. The number of Topliss-reactive ketones (excluding diaryl/α,β-unsaturated/α-hetero) is 1. The Bertz CT molecular complexity index is 851. The Hall–Kier alpha value is -2.67. The highest BCUT2D eigenvalue weighted by Gasteiger charge is 2.13. The van der Waals surface area contributed by atoms with Crippen LogP contribution in [-0.2, 0) is 25.5 Å². The van der Waals surface area contributed by atoms with Gasteiger partial charge in [-0.3, -0.25) is 9.59 Å². The summed E-state index contributed by atoms with van der Waals surface area (Å²) in [6.45, 7) is 3.65. The number of hydrogen-bond donors (Lipinski definition) is 0. The maximum absolute atomic E-state index is 11.8. The average Bonchev–Trinajstić information content (AvgIpc) is 2.58. The van der Waals surface area contributed by atoms with Gasteiger partial charge in [0.05, 0.1) is 6.61 Å². The molecule has 0 fully saturated rings. The van der Waals surface area contributed by atoms with Crippen LogP contribution in [0.25, 0.3) is 11.0 Å². The molecule has 0 saturated carbocycles. The van der Waals surface area contributed by atoms with Gasteiger partial charge in [0.1, 0.15) is 24.5 Å². The van der Waals surface area contributed by atoms with E-state index in [1.807, 2.05) is 6.07 Å². The largest absolute Gasteiger partial charge is 0.485 e. The topological polar surface area (TPSA) is 92.0 Å². The summed E-state index contributed by atoms with van der Waals surface area (Å²) >= 11 is 0. The van der Waals surface area contributed by atoms with Crippen molar-refractivity contribution in [3.05, 3.63) is 39.7 Å². The molecular formula is C19H22O7. The number of ketones is 1. The fourth-order valence-corrected chi connectivity index (χ4v) is 2.45. The highest BCUT2D eigenvalue weighted by molar-refractivity contribution is 5.83. The Balaban J connectivity index is 2.26. The normalized spacial score (nSPS) is 10.7. The minimum Gasteiger partial charge on any atom is -0.485 e. The highest BCUT2D eigenvalue weighted by atomic mass is 16.6. The minimum absolute atomic E-state index is 0.104. The molecule has 0 saturated heterocycles. The molecule has 0 atom stereocenters. The second-order valence-corrected chi connectivity index (χ2v) is 5.91. The molecule has 2 rings (SSSR count). The van der Waals surface area contributed by atoms with E-state index in [1.54, 1.807) is 13.0 Å². The SMILES string of the molecule is COCCOC(=O)CCc1cc2c(C)cc(=O)oc2cc1OCC(C)=O. The zero-order valence-electron chi connectivity index (χ0n) is 15.1. The molecule has 7 nitrogen and oxygen atoms in total. The maximum atomic E-state index is 11.8. The Kier molecular flexibility index (Phi) is 6.91. The number of carbonyl (C=O) groups is 2. The number of methoxy groups -OCH3 is 1. The molecule has 0 aliphatic rings. The molecule has 0 aliphatic heterocycles. The number of carbonyl (C=O) groups excluding carboxylic acids is 2. The van der Waals surface area contributed by atoms with Crippen molar-refractivity contribution in [3.63, 3.8) is 0 Å². The van der Waals surface area contributed by atoms with Gasteiger partial charge < -0.3 is 18.6 Å². The van der Waals surface area contributed by atoms with Crippen LogP contribution < -0.4 is 10.4 Å². The summed E-state index contributed by atoms with van der Waals surface area (Å²) in [5, 5.41) is 0.752. The van der Waals surface area contributed by atoms with E-state index in [-0.39, 0.29) is 31.4 Å². The summed E-state index contributed by atoms with van der Waals surface area (Å²) < 4.78 is 20.6. The van der Waals surface area contributed by atoms with Crippen molar-refractivity contribution in [2.24, 2.45) is 0 Å². The van der Waals surface area contributed by atoms with Crippen molar-refractivity contribution in [2.45, 2.75) is 26.7 Å². The van der Waals surface area contributed by atoms with E-state index < -0.39 is 5.63 Å². The molecule has 7 heteroatoms. The van der Waals surface area contributed by atoms with Crippen LogP contribution in [0.2, 0.25) is 0 Å². The lowest BCUT2D eigenvalue weighted by Gasteiger charge is -2.12. The van der Waals surface area contributed by atoms with Gasteiger partial charge in [-0.1, -0.05) is 0 Å². The minimum atomic E-state index is -0.456. The standard InChI is InChI=1S/C19H22O7/c1-12-8-19(22)26-17-10-16(25-11-13(2)20)14(9-15(12)17)4-5-18(21)24-7-6-23-3/h8-10H,4-7,11H2,1-3H3. The summed E-state index contributed by atoms with van der Waals surface area (Å²) in [7, 11) is 1.53. The van der Waals surface area contributed by atoms with Gasteiger partial charge in [0.2, 0.25) is 0 Å². The molecule has 26 heavy (non-hydrogen) atoms. The van der Waals surface area contributed by atoms with Gasteiger partial charge in [0.25, 0.3) is 0 Å². The number of hydrogen-bond acceptors (Lipinski definition) is 7. The predicted octanol–water partition coefficient (Wildman–Crippen LogP) is 2.19. The lowest BCUT2D eigenvalue weighted by Crippen LogP contribution is -2.12. The third-order valence-corrected chi connectivity index (χ3v) is 3.71. The molecule has 0 N–H and O–H groups in total. The van der Waals surface area contributed by atoms with Gasteiger partial charge in [0.15, 0.2) is 5.78 Å². The van der Waals surface area contributed by atoms with E-state index in [9.17, 15) is 14.4 Å². The second-order valence-electron chi connectivity index (χ2n) is 5.91. The van der Waals surface area contributed by atoms with E-state index in [0.29, 0.717) is 24.4 Å². The Morgan fingerprint density at radius 2 is 1.92 bits per heavy atom. The molecule has 0 unspecified atom stereocenters. The summed E-state index contributed by atoms with van der Waals surface area (Å²) in [4.78, 5) is 34.6. The maximum Gasteiger partial charge on any atom is 0.336 e. The van der Waals surface area contributed by atoms with Crippen molar-refractivity contribution in [3.8, 4) is 5.75 Å². The zero-order valence-corrected chi connectivity index (χ0v) is 15.1. The molecule has 1 heterocycles. The van der Waals surface area contributed by atoms with Crippen LogP contribution in [0, 0.1) is 6.92 Å². The van der Waals surface area contributed by atoms with Gasteiger partial charge >= 0.3 is 11.6 Å². The fraction of sp³-hybridized carbons (Fsp3) is 0.421. The van der Waals surface area contributed by atoms with Crippen molar-refractivity contribution < 1.29 is 28.2 Å². The molecular weight excluding hydrogens is 340 g/mol. The number of fused-ring (bicyclic) bond motifs is 1. The number of esters is 1. The Labute approximate surface area is 150 Å². The second kappa shape index (κ2) is 9.15. The van der Waals surface area contributed by atoms with Gasteiger partial charge in [-0.15, -0.1) is 0 Å². The van der Waals surface area contributed by atoms with Crippen molar-refractivity contribution in [1.82, 2.24) is 0 Å². The van der Waals surface area contributed by atoms with Crippen LogP contribution in [0.15, 0.2) is 27.4 Å². The van der Waals surface area contributed by atoms with Crippen LogP contribution in [0.3, 0.4) is 0 Å². The van der Waals surface area contributed by atoms with Crippen molar-refractivity contribution in [1.29, 1.82) is 0 Å². The van der Waals surface area contributed by atoms with Crippen LogP contribution in [0.5, 0.6) is 5.75 Å². The lowest BCUT2D eigenvalue weighted by atomic mass is 10.0. The number of ether oxygens (including phenoxy) is 3. The smallest absolute Gasteiger partial charge is 0.336 e. The lowest BCUT2D eigenvalue weighted by molar-refractivity contribution is -0.144. The van der Waals surface area contributed by atoms with Gasteiger partial charge in [-0.25, -0.2) is 4.79 Å². The van der Waals surface area contributed by atoms with E-state index in [2.05, 4.69) is 0 Å². The summed E-state index contributed by atoms with van der Waals surface area (Å²) in [5.74, 6) is -0.0807. The zero-order chi connectivity index (χ0) is 19.1. The van der Waals surface area contributed by atoms with Gasteiger partial charge in [0, 0.05) is 31.0 Å². The van der Waals surface area contributed by atoms with Crippen molar-refractivity contribution in [2.75, 3.05) is 26.9 Å². The molecule has 0 aliphatic carbocycles. The van der Waals surface area contributed by atoms with E-state index >= 15 is 0 Å². The molecule has 0 bridgehead atoms. The van der Waals surface area contributed by atoms with Gasteiger partial charge in [-0.05, 0) is 37.5 Å². The molecule has 2 aromatic rings. The molecule has 1 aromatic carbocycles. The average molecular weight is 362 g/mol. The van der Waals surface area contributed by atoms with E-state index in [4.69, 9.17) is 18.6 Å². The third kappa shape index (κ3) is 5.42. The van der Waals surface area contributed by atoms with Crippen LogP contribution >= 0.6 is 0 Å².